The molecule has 1 aromatic heterocycles. The summed E-state index contributed by atoms with van der Waals surface area (Å²) in [5, 5.41) is 3.43. The normalized spacial score (nSPS) is 10.4. The molecule has 0 aliphatic heterocycles. The van der Waals surface area contributed by atoms with Crippen molar-refractivity contribution in [3.8, 4) is 5.75 Å². The number of aromatic amines is 1. The zero-order valence-electron chi connectivity index (χ0n) is 14.2. The van der Waals surface area contributed by atoms with E-state index >= 15 is 0 Å². The molecule has 1 amide bonds. The van der Waals surface area contributed by atoms with Gasteiger partial charge in [0.25, 0.3) is 5.91 Å². The number of nitrogens with one attached hydrogen (secondary N) is 2. The maximum Gasteiger partial charge on any atom is 0.339 e. The first-order valence-corrected chi connectivity index (χ1v) is 8.28. The fraction of sp³-hybridized carbons (Fsp3) is 0.105. The van der Waals surface area contributed by atoms with Crippen LogP contribution in [-0.4, -0.2) is 30.6 Å². The molecular weight excluding hydrogens is 372 g/mol. The van der Waals surface area contributed by atoms with Gasteiger partial charge >= 0.3 is 5.97 Å². The third-order valence-corrected chi connectivity index (χ3v) is 4.04. The number of aromatic nitrogens is 1. The van der Waals surface area contributed by atoms with Gasteiger partial charge in [-0.3, -0.25) is 9.59 Å². The Balaban J connectivity index is 1.68. The van der Waals surface area contributed by atoms with Crippen molar-refractivity contribution in [1.82, 2.24) is 4.98 Å². The van der Waals surface area contributed by atoms with Crippen LogP contribution in [0.1, 0.15) is 10.4 Å². The molecule has 1 heterocycles. The number of carbonyl (C=O) groups excluding carboxylic acids is 2. The first-order chi connectivity index (χ1) is 13.0. The molecule has 0 fully saturated rings. The van der Waals surface area contributed by atoms with Crippen molar-refractivity contribution < 1.29 is 19.1 Å². The maximum atomic E-state index is 12.3. The molecule has 3 rings (SSSR count). The third kappa shape index (κ3) is 4.27. The summed E-state index contributed by atoms with van der Waals surface area (Å²) in [6.07, 6.45) is 0. The number of ether oxygens (including phenoxy) is 2. The van der Waals surface area contributed by atoms with Gasteiger partial charge in [0, 0.05) is 22.7 Å². The molecular formula is C19H15ClN2O5. The highest BCUT2D eigenvalue weighted by molar-refractivity contribution is 6.32. The average Bonchev–Trinajstić information content (AvgIpc) is 2.65. The molecule has 0 unspecified atom stereocenters. The summed E-state index contributed by atoms with van der Waals surface area (Å²) in [6, 6.07) is 12.7. The van der Waals surface area contributed by atoms with Crippen LogP contribution >= 0.6 is 11.6 Å². The molecule has 0 spiro atoms. The minimum atomic E-state index is -0.764. The number of amides is 1. The number of hydrogen-bond acceptors (Lipinski definition) is 5. The van der Waals surface area contributed by atoms with Crippen molar-refractivity contribution in [3.63, 3.8) is 0 Å². The number of methoxy groups -OCH3 is 1. The van der Waals surface area contributed by atoms with E-state index in [4.69, 9.17) is 21.1 Å². The lowest BCUT2D eigenvalue weighted by Crippen LogP contribution is -2.22. The Morgan fingerprint density at radius 3 is 2.67 bits per heavy atom. The first kappa shape index (κ1) is 18.5. The molecule has 8 heteroatoms. The second-order valence-corrected chi connectivity index (χ2v) is 5.97. The monoisotopic (exact) mass is 386 g/mol. The van der Waals surface area contributed by atoms with E-state index in [9.17, 15) is 14.4 Å². The average molecular weight is 387 g/mol. The van der Waals surface area contributed by atoms with Gasteiger partial charge in [-0.25, -0.2) is 4.79 Å². The van der Waals surface area contributed by atoms with Gasteiger partial charge in [-0.15, -0.1) is 0 Å². The number of fused-ring (bicyclic) bond motifs is 1. The van der Waals surface area contributed by atoms with E-state index in [1.165, 1.54) is 13.2 Å². The van der Waals surface area contributed by atoms with Crippen molar-refractivity contribution in [3.05, 3.63) is 69.5 Å². The van der Waals surface area contributed by atoms with Crippen LogP contribution in [0, 0.1) is 0 Å². The number of rotatable bonds is 5. The van der Waals surface area contributed by atoms with Crippen molar-refractivity contribution >= 4 is 40.1 Å². The van der Waals surface area contributed by atoms with Gasteiger partial charge in [0.1, 0.15) is 5.75 Å². The molecule has 138 valence electrons. The lowest BCUT2D eigenvalue weighted by Gasteiger charge is -2.09. The molecule has 0 radical (unpaired) electrons. The smallest absolute Gasteiger partial charge is 0.339 e. The van der Waals surface area contributed by atoms with Crippen LogP contribution < -0.4 is 15.6 Å². The highest BCUT2D eigenvalue weighted by Gasteiger charge is 2.15. The van der Waals surface area contributed by atoms with E-state index in [-0.39, 0.29) is 5.56 Å². The van der Waals surface area contributed by atoms with Gasteiger partial charge < -0.3 is 19.8 Å². The van der Waals surface area contributed by atoms with Crippen LogP contribution in [0.15, 0.2) is 53.3 Å². The van der Waals surface area contributed by atoms with Crippen molar-refractivity contribution in [2.75, 3.05) is 19.0 Å². The van der Waals surface area contributed by atoms with Crippen LogP contribution in [0.3, 0.4) is 0 Å². The van der Waals surface area contributed by atoms with Crippen molar-refractivity contribution in [1.29, 1.82) is 0 Å². The number of hydrogen-bond donors (Lipinski definition) is 2. The summed E-state index contributed by atoms with van der Waals surface area (Å²) < 4.78 is 10.1. The molecule has 7 nitrogen and oxygen atoms in total. The van der Waals surface area contributed by atoms with Crippen molar-refractivity contribution in [2.45, 2.75) is 0 Å². The van der Waals surface area contributed by atoms with Crippen LogP contribution in [0.25, 0.3) is 10.9 Å². The number of H-pyrrole nitrogens is 1. The number of esters is 1. The molecule has 0 atom stereocenters. The second kappa shape index (κ2) is 7.92. The Morgan fingerprint density at radius 1 is 1.15 bits per heavy atom. The largest absolute Gasteiger partial charge is 0.495 e. The van der Waals surface area contributed by atoms with Crippen LogP contribution in [-0.2, 0) is 9.53 Å². The fourth-order valence-electron chi connectivity index (χ4n) is 2.52. The van der Waals surface area contributed by atoms with Gasteiger partial charge in [-0.1, -0.05) is 29.8 Å². The SMILES string of the molecule is COc1ccc(NC(=O)COC(=O)c2cc(=O)[nH]c3ccccc23)cc1Cl. The highest BCUT2D eigenvalue weighted by Crippen LogP contribution is 2.27. The molecule has 2 aromatic carbocycles. The van der Waals surface area contributed by atoms with Gasteiger partial charge in [-0.2, -0.15) is 0 Å². The molecule has 2 N–H and O–H groups in total. The third-order valence-electron chi connectivity index (χ3n) is 3.74. The summed E-state index contributed by atoms with van der Waals surface area (Å²) in [5.74, 6) is -0.832. The topological polar surface area (TPSA) is 97.5 Å². The first-order valence-electron chi connectivity index (χ1n) is 7.90. The summed E-state index contributed by atoms with van der Waals surface area (Å²) in [4.78, 5) is 38.7. The lowest BCUT2D eigenvalue weighted by molar-refractivity contribution is -0.119. The van der Waals surface area contributed by atoms with E-state index in [2.05, 4.69) is 10.3 Å². The summed E-state index contributed by atoms with van der Waals surface area (Å²) in [6.45, 7) is -0.510. The molecule has 27 heavy (non-hydrogen) atoms. The zero-order valence-corrected chi connectivity index (χ0v) is 15.0. The molecule has 0 saturated heterocycles. The molecule has 3 aromatic rings. The highest BCUT2D eigenvalue weighted by atomic mass is 35.5. The Kier molecular flexibility index (Phi) is 5.42. The zero-order chi connectivity index (χ0) is 19.4. The molecule has 0 bridgehead atoms. The van der Waals surface area contributed by atoms with Crippen LogP contribution in [0.5, 0.6) is 5.75 Å². The quantitative estimate of drug-likeness (QED) is 0.657. The van der Waals surface area contributed by atoms with Crippen LogP contribution in [0.2, 0.25) is 5.02 Å². The number of para-hydroxylation sites is 1. The predicted octanol–water partition coefficient (Wildman–Crippen LogP) is 2.99. The standard InChI is InChI=1S/C19H15ClN2O5/c1-26-16-7-6-11(8-14(16)20)21-18(24)10-27-19(25)13-9-17(23)22-15-5-3-2-4-12(13)15/h2-9H,10H2,1H3,(H,21,24)(H,22,23). The van der Waals surface area contributed by atoms with E-state index < -0.39 is 24.0 Å². The summed E-state index contributed by atoms with van der Waals surface area (Å²) >= 11 is 6.00. The van der Waals surface area contributed by atoms with Crippen molar-refractivity contribution in [2.24, 2.45) is 0 Å². The maximum absolute atomic E-state index is 12.3. The number of halogens is 1. The Bertz CT molecular complexity index is 1080. The second-order valence-electron chi connectivity index (χ2n) is 5.57. The fourth-order valence-corrected chi connectivity index (χ4v) is 2.78. The summed E-state index contributed by atoms with van der Waals surface area (Å²) in [7, 11) is 1.48. The Morgan fingerprint density at radius 2 is 1.93 bits per heavy atom. The molecule has 0 aliphatic carbocycles. The molecule has 0 saturated carbocycles. The van der Waals surface area contributed by atoms with E-state index in [0.717, 1.165) is 6.07 Å². The minimum absolute atomic E-state index is 0.0923. The van der Waals surface area contributed by atoms with Gasteiger partial charge in [0.2, 0.25) is 5.56 Å². The van der Waals surface area contributed by atoms with E-state index in [1.54, 1.807) is 36.4 Å². The minimum Gasteiger partial charge on any atom is -0.495 e. The number of carbonyl (C=O) groups is 2. The summed E-state index contributed by atoms with van der Waals surface area (Å²) in [5.41, 5.74) is 0.602. The van der Waals surface area contributed by atoms with Gasteiger partial charge in [-0.05, 0) is 24.3 Å². The van der Waals surface area contributed by atoms with E-state index in [1.807, 2.05) is 0 Å². The van der Waals surface area contributed by atoms with Crippen LogP contribution in [0.4, 0.5) is 5.69 Å². The Hall–Kier alpha value is -3.32. The lowest BCUT2D eigenvalue weighted by atomic mass is 10.1. The van der Waals surface area contributed by atoms with Gasteiger partial charge in [0.05, 0.1) is 17.7 Å². The van der Waals surface area contributed by atoms with E-state index in [0.29, 0.717) is 27.4 Å². The predicted molar refractivity (Wildman–Crippen MR) is 101 cm³/mol. The number of benzene rings is 2. The Labute approximate surface area is 158 Å². The molecule has 0 aliphatic rings. The number of anilines is 1. The number of pyridine rings is 1. The van der Waals surface area contributed by atoms with Gasteiger partial charge in [0.15, 0.2) is 6.61 Å².